The van der Waals surface area contributed by atoms with Crippen LogP contribution in [0.3, 0.4) is 0 Å². The number of nitrogens with zero attached hydrogens (tertiary/aromatic N) is 4. The first kappa shape index (κ1) is 42.5. The van der Waals surface area contributed by atoms with E-state index >= 15 is 0 Å². The van der Waals surface area contributed by atoms with Gasteiger partial charge in [-0.1, -0.05) is 182 Å². The normalized spacial score (nSPS) is 11.7. The molecule has 0 N–H and O–H groups in total. The van der Waals surface area contributed by atoms with Crippen molar-refractivity contribution in [3.63, 3.8) is 0 Å². The summed E-state index contributed by atoms with van der Waals surface area (Å²) in [7, 11) is 0. The summed E-state index contributed by atoms with van der Waals surface area (Å²) < 4.78 is 15.4. The highest BCUT2D eigenvalue weighted by molar-refractivity contribution is 6.14. The number of benzene rings is 11. The van der Waals surface area contributed by atoms with Gasteiger partial charge in [-0.2, -0.15) is 0 Å². The number of hydrogen-bond donors (Lipinski definition) is 0. The first-order chi connectivity index (χ1) is 37.1. The molecule has 15 rings (SSSR count). The van der Waals surface area contributed by atoms with Gasteiger partial charge in [0, 0.05) is 54.7 Å². The van der Waals surface area contributed by atoms with Crippen LogP contribution in [0.5, 0.6) is 0 Å². The molecule has 11 aromatic carbocycles. The van der Waals surface area contributed by atoms with Crippen LogP contribution < -0.4 is 0 Å². The van der Waals surface area contributed by atoms with Crippen LogP contribution in [0.25, 0.3) is 150 Å². The van der Waals surface area contributed by atoms with Crippen molar-refractivity contribution < 1.29 is 8.83 Å². The first-order valence-corrected chi connectivity index (χ1v) is 25.2. The number of para-hydroxylation sites is 1. The fraction of sp³-hybridized carbons (Fsp3) is 0. The molecular weight excluding hydrogens is 917 g/mol. The van der Waals surface area contributed by atoms with Gasteiger partial charge >= 0.3 is 0 Å². The Morgan fingerprint density at radius 3 is 1.41 bits per heavy atom. The molecule has 0 aliphatic rings. The average molecular weight is 959 g/mol. The molecule has 0 saturated heterocycles. The van der Waals surface area contributed by atoms with E-state index in [1.54, 1.807) is 0 Å². The van der Waals surface area contributed by atoms with E-state index in [4.69, 9.17) is 23.8 Å². The van der Waals surface area contributed by atoms with Crippen LogP contribution >= 0.6 is 0 Å². The van der Waals surface area contributed by atoms with Crippen molar-refractivity contribution in [2.24, 2.45) is 0 Å². The van der Waals surface area contributed by atoms with E-state index in [1.165, 1.54) is 27.4 Å². The molecule has 0 fully saturated rings. The van der Waals surface area contributed by atoms with Crippen molar-refractivity contribution in [3.05, 3.63) is 255 Å². The summed E-state index contributed by atoms with van der Waals surface area (Å²) in [5.74, 6) is 1.78. The van der Waals surface area contributed by atoms with Crippen LogP contribution in [-0.4, -0.2) is 19.5 Å². The highest BCUT2D eigenvalue weighted by Gasteiger charge is 2.20. The minimum absolute atomic E-state index is 0.577. The Labute approximate surface area is 431 Å². The summed E-state index contributed by atoms with van der Waals surface area (Å²) in [6, 6.07) is 89.4. The summed E-state index contributed by atoms with van der Waals surface area (Å²) in [5, 5.41) is 6.53. The molecule has 0 saturated carbocycles. The van der Waals surface area contributed by atoms with E-state index in [9.17, 15) is 0 Å². The zero-order valence-electron chi connectivity index (χ0n) is 40.4. The van der Waals surface area contributed by atoms with E-state index in [-0.39, 0.29) is 0 Å². The molecule has 350 valence electrons. The van der Waals surface area contributed by atoms with Gasteiger partial charge in [0.1, 0.15) is 22.3 Å². The number of furan rings is 2. The molecule has 0 bridgehead atoms. The molecule has 0 spiro atoms. The van der Waals surface area contributed by atoms with E-state index in [2.05, 4.69) is 211 Å². The third kappa shape index (κ3) is 7.30. The van der Waals surface area contributed by atoms with Crippen LogP contribution in [0.15, 0.2) is 264 Å². The molecule has 0 aliphatic carbocycles. The maximum absolute atomic E-state index is 6.57. The maximum atomic E-state index is 6.57. The molecule has 0 unspecified atom stereocenters. The molecule has 0 atom stereocenters. The van der Waals surface area contributed by atoms with Crippen molar-refractivity contribution in [2.75, 3.05) is 0 Å². The average Bonchev–Trinajstić information content (AvgIpc) is 4.21. The van der Waals surface area contributed by atoms with E-state index < -0.39 is 0 Å². The van der Waals surface area contributed by atoms with Crippen LogP contribution in [-0.2, 0) is 0 Å². The zero-order valence-corrected chi connectivity index (χ0v) is 40.4. The largest absolute Gasteiger partial charge is 0.456 e. The summed E-state index contributed by atoms with van der Waals surface area (Å²) >= 11 is 0. The minimum atomic E-state index is 0.577. The van der Waals surface area contributed by atoms with Gasteiger partial charge < -0.3 is 13.4 Å². The standard InChI is InChI=1S/C69H42N4O2/c1-4-14-43(15-5-1)45-26-28-47(29-27-45)68-70-67(46-18-8-3-9-19-46)71-69(72-68)55-23-13-25-65-66(55)59-41-52(32-36-64(59)75-65)49-21-12-20-48(38-49)51-31-35-62-57(40-51)58-42-53(33-37-63(58)74-62)73-60-24-11-10-22-54(60)56-39-50(30-34-61(56)73)44-16-6-2-7-17-44/h1-42H. The minimum Gasteiger partial charge on any atom is -0.456 e. The summed E-state index contributed by atoms with van der Waals surface area (Å²) in [5.41, 5.74) is 18.4. The number of hydrogen-bond acceptors (Lipinski definition) is 5. The van der Waals surface area contributed by atoms with Crippen LogP contribution in [0.4, 0.5) is 0 Å². The number of aromatic nitrogens is 4. The van der Waals surface area contributed by atoms with Crippen LogP contribution in [0, 0.1) is 0 Å². The highest BCUT2D eigenvalue weighted by atomic mass is 16.3. The maximum Gasteiger partial charge on any atom is 0.164 e. The van der Waals surface area contributed by atoms with Crippen molar-refractivity contribution in [3.8, 4) is 84.4 Å². The predicted molar refractivity (Wildman–Crippen MR) is 307 cm³/mol. The van der Waals surface area contributed by atoms with Gasteiger partial charge in [0.05, 0.1) is 11.0 Å². The Morgan fingerprint density at radius 1 is 0.253 bits per heavy atom. The Morgan fingerprint density at radius 2 is 0.693 bits per heavy atom. The molecule has 75 heavy (non-hydrogen) atoms. The quantitative estimate of drug-likeness (QED) is 0.152. The van der Waals surface area contributed by atoms with E-state index in [0.29, 0.717) is 17.5 Å². The highest BCUT2D eigenvalue weighted by Crippen LogP contribution is 2.41. The molecular formula is C69H42N4O2. The second-order valence-corrected chi connectivity index (χ2v) is 19.1. The van der Waals surface area contributed by atoms with Gasteiger partial charge in [-0.25, -0.2) is 15.0 Å². The molecule has 4 aromatic heterocycles. The smallest absolute Gasteiger partial charge is 0.164 e. The Kier molecular flexibility index (Phi) is 9.78. The summed E-state index contributed by atoms with van der Waals surface area (Å²) in [4.78, 5) is 15.4. The second kappa shape index (κ2) is 17.3. The van der Waals surface area contributed by atoms with Crippen molar-refractivity contribution >= 4 is 65.7 Å². The Hall–Kier alpha value is -10.2. The lowest BCUT2D eigenvalue weighted by Crippen LogP contribution is -2.00. The first-order valence-electron chi connectivity index (χ1n) is 25.2. The monoisotopic (exact) mass is 958 g/mol. The van der Waals surface area contributed by atoms with Gasteiger partial charge in [-0.05, 0) is 117 Å². The third-order valence-corrected chi connectivity index (χ3v) is 14.7. The fourth-order valence-electron chi connectivity index (χ4n) is 11.0. The van der Waals surface area contributed by atoms with Crippen LogP contribution in [0.2, 0.25) is 0 Å². The van der Waals surface area contributed by atoms with Crippen molar-refractivity contribution in [2.45, 2.75) is 0 Å². The predicted octanol–water partition coefficient (Wildman–Crippen LogP) is 18.4. The lowest BCUT2D eigenvalue weighted by Gasteiger charge is -2.10. The second-order valence-electron chi connectivity index (χ2n) is 19.1. The molecule has 6 heteroatoms. The lowest BCUT2D eigenvalue weighted by atomic mass is 9.96. The van der Waals surface area contributed by atoms with E-state index in [1.807, 2.05) is 48.5 Å². The Bertz CT molecular complexity index is 4690. The molecule has 0 amide bonds. The topological polar surface area (TPSA) is 69.9 Å². The van der Waals surface area contributed by atoms with Crippen molar-refractivity contribution in [1.29, 1.82) is 0 Å². The van der Waals surface area contributed by atoms with Gasteiger partial charge in [0.2, 0.25) is 0 Å². The molecule has 6 nitrogen and oxygen atoms in total. The fourth-order valence-corrected chi connectivity index (χ4v) is 11.0. The molecule has 4 heterocycles. The van der Waals surface area contributed by atoms with Gasteiger partial charge in [-0.15, -0.1) is 0 Å². The van der Waals surface area contributed by atoms with Crippen LogP contribution in [0.1, 0.15) is 0 Å². The Balaban J connectivity index is 0.805. The van der Waals surface area contributed by atoms with Gasteiger partial charge in [-0.3, -0.25) is 0 Å². The van der Waals surface area contributed by atoms with E-state index in [0.717, 1.165) is 105 Å². The number of fused-ring (bicyclic) bond motifs is 9. The third-order valence-electron chi connectivity index (χ3n) is 14.7. The molecule has 15 aromatic rings. The van der Waals surface area contributed by atoms with Gasteiger partial charge in [0.25, 0.3) is 0 Å². The number of rotatable bonds is 8. The molecule has 0 aliphatic heterocycles. The SMILES string of the molecule is c1ccc(-c2ccc(-c3nc(-c4ccccc4)nc(-c4cccc5oc6ccc(-c7cccc(-c8ccc9oc%10ccc(-n%11c%12ccccc%12c%12cc(-c%13ccccc%13)ccc%12%11)cc%10c9c8)c7)cc6c45)n3)cc2)cc1. The zero-order chi connectivity index (χ0) is 49.4. The van der Waals surface area contributed by atoms with Crippen molar-refractivity contribution in [1.82, 2.24) is 19.5 Å². The summed E-state index contributed by atoms with van der Waals surface area (Å²) in [6.45, 7) is 0. The van der Waals surface area contributed by atoms with Gasteiger partial charge in [0.15, 0.2) is 17.5 Å². The lowest BCUT2D eigenvalue weighted by molar-refractivity contribution is 0.668. The molecule has 0 radical (unpaired) electrons. The summed E-state index contributed by atoms with van der Waals surface area (Å²) in [6.07, 6.45) is 0.